The van der Waals surface area contributed by atoms with Crippen LogP contribution in [0.3, 0.4) is 0 Å². The van der Waals surface area contributed by atoms with E-state index in [0.29, 0.717) is 0 Å². The first kappa shape index (κ1) is 13.5. The molecule has 0 bridgehead atoms. The van der Waals surface area contributed by atoms with Gasteiger partial charge in [0.05, 0.1) is 0 Å². The molecule has 0 heterocycles. The number of nitrogens with zero attached hydrogens (tertiary/aromatic N) is 1. The minimum atomic E-state index is -0.326. The van der Waals surface area contributed by atoms with E-state index in [2.05, 4.69) is 85.7 Å². The van der Waals surface area contributed by atoms with Gasteiger partial charge in [-0.2, -0.15) is 0 Å². The van der Waals surface area contributed by atoms with Crippen LogP contribution < -0.4 is 12.1 Å². The van der Waals surface area contributed by atoms with E-state index < -0.39 is 0 Å². The quantitative estimate of drug-likeness (QED) is 0.637. The van der Waals surface area contributed by atoms with E-state index in [1.54, 1.807) is 0 Å². The summed E-state index contributed by atoms with van der Waals surface area (Å²) in [5.74, 6) is 0. The maximum atomic E-state index is 2.28. The van der Waals surface area contributed by atoms with Gasteiger partial charge in [-0.3, -0.25) is 0 Å². The third-order valence-corrected chi connectivity index (χ3v) is 6.42. The molecule has 0 spiro atoms. The van der Waals surface area contributed by atoms with E-state index in [4.69, 9.17) is 0 Å². The first-order valence-electron chi connectivity index (χ1n) is 6.67. The molecule has 0 atom stereocenters. The van der Waals surface area contributed by atoms with Crippen LogP contribution in [0.4, 0.5) is 5.69 Å². The minimum absolute atomic E-state index is 0.326. The molecule has 3 aromatic carbocycles. The Labute approximate surface area is 130 Å². The summed E-state index contributed by atoms with van der Waals surface area (Å²) in [4.78, 5) is 2.14. The molecule has 3 rings (SSSR count). The molecule has 1 nitrogen and oxygen atoms in total. The van der Waals surface area contributed by atoms with Gasteiger partial charge in [0.2, 0.25) is 0 Å². The van der Waals surface area contributed by atoms with Gasteiger partial charge >= 0.3 is 130 Å². The molecule has 0 aliphatic heterocycles. The van der Waals surface area contributed by atoms with Crippen molar-refractivity contribution in [3.05, 3.63) is 66.7 Å². The summed E-state index contributed by atoms with van der Waals surface area (Å²) in [6.45, 7) is 0. The number of hydrogen-bond donors (Lipinski definition) is 0. The van der Waals surface area contributed by atoms with Crippen LogP contribution in [-0.2, 0) is 0 Å². The molecular weight excluding hydrogens is 358 g/mol. The van der Waals surface area contributed by atoms with E-state index in [-0.39, 0.29) is 20.9 Å². The van der Waals surface area contributed by atoms with Crippen molar-refractivity contribution in [3.63, 3.8) is 0 Å². The van der Waals surface area contributed by atoms with Gasteiger partial charge in [-0.1, -0.05) is 0 Å². The van der Waals surface area contributed by atoms with Crippen molar-refractivity contribution in [3.8, 4) is 0 Å². The normalized spacial score (nSPS) is 10.7. The summed E-state index contributed by atoms with van der Waals surface area (Å²) in [6, 6.07) is 24.3. The van der Waals surface area contributed by atoms with Gasteiger partial charge in [0.15, 0.2) is 0 Å². The Bertz CT molecular complexity index is 712. The van der Waals surface area contributed by atoms with Crippen LogP contribution in [0.1, 0.15) is 0 Å². The first-order chi connectivity index (χ1) is 9.74. The van der Waals surface area contributed by atoms with E-state index in [1.165, 1.54) is 23.7 Å². The van der Waals surface area contributed by atoms with Crippen LogP contribution in [0.5, 0.6) is 0 Å². The average Bonchev–Trinajstić information content (AvgIpc) is 2.48. The average molecular weight is 375 g/mol. The molecule has 0 fully saturated rings. The van der Waals surface area contributed by atoms with Gasteiger partial charge in [0.1, 0.15) is 0 Å². The van der Waals surface area contributed by atoms with Crippen LogP contribution in [0.25, 0.3) is 10.8 Å². The number of hydrogen-bond acceptors (Lipinski definition) is 1. The van der Waals surface area contributed by atoms with Gasteiger partial charge in [-0.15, -0.1) is 0 Å². The number of anilines is 1. The summed E-state index contributed by atoms with van der Waals surface area (Å²) in [5, 5.41) is 2.76. The third-order valence-electron chi connectivity index (χ3n) is 3.33. The molecule has 0 aliphatic rings. The van der Waals surface area contributed by atoms with Crippen molar-refractivity contribution in [2.24, 2.45) is 0 Å². The fraction of sp³-hybridized carbons (Fsp3) is 0.111. The van der Waals surface area contributed by atoms with Gasteiger partial charge in [-0.25, -0.2) is 0 Å². The molecule has 0 unspecified atom stereocenters. The van der Waals surface area contributed by atoms with Crippen LogP contribution in [0.15, 0.2) is 66.7 Å². The topological polar surface area (TPSA) is 3.24 Å². The summed E-state index contributed by atoms with van der Waals surface area (Å²) in [5.41, 5.74) is 1.26. The molecule has 0 N–H and O–H groups in total. The van der Waals surface area contributed by atoms with Crippen molar-refractivity contribution in [2.45, 2.75) is 0 Å². The van der Waals surface area contributed by atoms with E-state index in [9.17, 15) is 0 Å². The van der Waals surface area contributed by atoms with Crippen LogP contribution in [-0.4, -0.2) is 35.0 Å². The number of rotatable bonds is 3. The number of fused-ring (bicyclic) bond motifs is 1. The van der Waals surface area contributed by atoms with Crippen molar-refractivity contribution < 1.29 is 0 Å². The summed E-state index contributed by atoms with van der Waals surface area (Å²) in [7, 11) is 4.16. The Morgan fingerprint density at radius 1 is 0.750 bits per heavy atom. The SMILES string of the molecule is CN(C)c1ccc([Te]c2cccc3ccccc23)cc1. The predicted octanol–water partition coefficient (Wildman–Crippen LogP) is 2.56. The molecule has 0 saturated heterocycles. The van der Waals surface area contributed by atoms with Gasteiger partial charge in [0.25, 0.3) is 0 Å². The zero-order valence-corrected chi connectivity index (χ0v) is 14.0. The van der Waals surface area contributed by atoms with Gasteiger partial charge in [0, 0.05) is 0 Å². The summed E-state index contributed by atoms with van der Waals surface area (Å²) >= 11 is -0.326. The van der Waals surface area contributed by atoms with Gasteiger partial charge in [-0.05, 0) is 0 Å². The Morgan fingerprint density at radius 2 is 1.45 bits per heavy atom. The Kier molecular flexibility index (Phi) is 3.96. The van der Waals surface area contributed by atoms with Crippen molar-refractivity contribution in [1.29, 1.82) is 0 Å². The molecule has 0 amide bonds. The molecule has 0 aromatic heterocycles. The molecule has 0 radical (unpaired) electrons. The Morgan fingerprint density at radius 3 is 2.20 bits per heavy atom. The van der Waals surface area contributed by atoms with Crippen LogP contribution in [0.2, 0.25) is 0 Å². The zero-order valence-electron chi connectivity index (χ0n) is 11.7. The fourth-order valence-corrected chi connectivity index (χ4v) is 4.99. The number of benzene rings is 3. The van der Waals surface area contributed by atoms with Crippen molar-refractivity contribution in [2.75, 3.05) is 19.0 Å². The van der Waals surface area contributed by atoms with E-state index in [0.717, 1.165) is 0 Å². The van der Waals surface area contributed by atoms with Crippen molar-refractivity contribution in [1.82, 2.24) is 0 Å². The molecule has 0 aliphatic carbocycles. The van der Waals surface area contributed by atoms with Crippen LogP contribution in [0, 0.1) is 0 Å². The predicted molar refractivity (Wildman–Crippen MR) is 89.7 cm³/mol. The van der Waals surface area contributed by atoms with Crippen LogP contribution >= 0.6 is 0 Å². The third kappa shape index (κ3) is 2.82. The molecule has 3 aromatic rings. The summed E-state index contributed by atoms with van der Waals surface area (Å²) in [6.07, 6.45) is 0. The fourth-order valence-electron chi connectivity index (χ4n) is 2.22. The molecule has 2 heteroatoms. The second kappa shape index (κ2) is 5.87. The first-order valence-corrected chi connectivity index (χ1v) is 9.00. The van der Waals surface area contributed by atoms with E-state index in [1.807, 2.05) is 0 Å². The summed E-state index contributed by atoms with van der Waals surface area (Å²) < 4.78 is 3.00. The molecule has 100 valence electrons. The van der Waals surface area contributed by atoms with Gasteiger partial charge < -0.3 is 0 Å². The molecule has 20 heavy (non-hydrogen) atoms. The molecule has 0 saturated carbocycles. The maximum absolute atomic E-state index is 2.28. The van der Waals surface area contributed by atoms with E-state index >= 15 is 0 Å². The molecular formula is C18H17NTe. The second-order valence-corrected chi connectivity index (χ2v) is 8.15. The zero-order chi connectivity index (χ0) is 13.9. The standard InChI is InChI=1S/C18H17NTe/c1-19(2)15-10-12-16(13-11-15)20-18-9-5-7-14-6-3-4-8-17(14)18/h3-13H,1-2H3. The monoisotopic (exact) mass is 377 g/mol. The second-order valence-electron chi connectivity index (χ2n) is 4.97. The Hall–Kier alpha value is -1.49. The Balaban J connectivity index is 1.93. The van der Waals surface area contributed by atoms with Crippen molar-refractivity contribution >= 4 is 44.6 Å².